The van der Waals surface area contributed by atoms with Gasteiger partial charge >= 0.3 is 0 Å². The fourth-order valence-electron chi connectivity index (χ4n) is 2.34. The van der Waals surface area contributed by atoms with Crippen molar-refractivity contribution in [2.75, 3.05) is 0 Å². The third-order valence-electron chi connectivity index (χ3n) is 3.60. The van der Waals surface area contributed by atoms with Crippen molar-refractivity contribution in [2.24, 2.45) is 0 Å². The lowest BCUT2D eigenvalue weighted by molar-refractivity contribution is 0.591. The van der Waals surface area contributed by atoms with Gasteiger partial charge in [0.05, 0.1) is 0 Å². The van der Waals surface area contributed by atoms with E-state index in [2.05, 4.69) is 50.2 Å². The van der Waals surface area contributed by atoms with Crippen LogP contribution in [0.5, 0.6) is 0 Å². The monoisotopic (exact) mass is 213 g/mol. The predicted octanol–water partition coefficient (Wildman–Crippen LogP) is 4.34. The highest BCUT2D eigenvalue weighted by Crippen LogP contribution is 2.43. The summed E-state index contributed by atoms with van der Waals surface area (Å²) in [5, 5.41) is 1.44. The molecule has 1 saturated carbocycles. The van der Waals surface area contributed by atoms with Crippen molar-refractivity contribution in [3.63, 3.8) is 0 Å². The van der Waals surface area contributed by atoms with Gasteiger partial charge in [0.2, 0.25) is 0 Å². The first-order valence-corrected chi connectivity index (χ1v) is 6.17. The first-order valence-electron chi connectivity index (χ1n) is 6.17. The van der Waals surface area contributed by atoms with Crippen LogP contribution in [-0.4, -0.2) is 4.98 Å². The second-order valence-electron chi connectivity index (χ2n) is 6.03. The summed E-state index contributed by atoms with van der Waals surface area (Å²) < 4.78 is 0. The number of nitrogens with one attached hydrogen (secondary N) is 1. The average Bonchev–Trinajstić information content (AvgIpc) is 2.96. The lowest BCUT2D eigenvalue weighted by Crippen LogP contribution is -2.10. The van der Waals surface area contributed by atoms with E-state index in [-0.39, 0.29) is 5.41 Å². The van der Waals surface area contributed by atoms with E-state index in [1.54, 1.807) is 0 Å². The Hall–Kier alpha value is -1.24. The molecule has 1 heteroatoms. The van der Waals surface area contributed by atoms with Crippen molar-refractivity contribution >= 4 is 10.9 Å². The highest BCUT2D eigenvalue weighted by molar-refractivity contribution is 5.85. The number of H-pyrrole nitrogens is 1. The summed E-state index contributed by atoms with van der Waals surface area (Å²) in [7, 11) is 0. The summed E-state index contributed by atoms with van der Waals surface area (Å²) in [4.78, 5) is 3.39. The summed E-state index contributed by atoms with van der Waals surface area (Å²) >= 11 is 0. The van der Waals surface area contributed by atoms with Gasteiger partial charge in [-0.3, -0.25) is 0 Å². The molecular weight excluding hydrogens is 194 g/mol. The van der Waals surface area contributed by atoms with Crippen molar-refractivity contribution in [1.82, 2.24) is 4.98 Å². The van der Waals surface area contributed by atoms with Crippen LogP contribution in [0.25, 0.3) is 10.9 Å². The maximum absolute atomic E-state index is 3.39. The molecule has 1 aliphatic rings. The molecule has 0 bridgehead atoms. The molecule has 1 aromatic heterocycles. The number of fused-ring (bicyclic) bond motifs is 1. The third-order valence-corrected chi connectivity index (χ3v) is 3.60. The van der Waals surface area contributed by atoms with E-state index < -0.39 is 0 Å². The number of aromatic nitrogens is 1. The van der Waals surface area contributed by atoms with Crippen molar-refractivity contribution < 1.29 is 0 Å². The quantitative estimate of drug-likeness (QED) is 0.725. The van der Waals surface area contributed by atoms with Crippen molar-refractivity contribution in [3.05, 3.63) is 35.5 Å². The number of hydrogen-bond acceptors (Lipinski definition) is 0. The van der Waals surface area contributed by atoms with Gasteiger partial charge in [-0.1, -0.05) is 26.8 Å². The Bertz CT molecular complexity index is 524. The Morgan fingerprint density at radius 2 is 1.94 bits per heavy atom. The van der Waals surface area contributed by atoms with Gasteiger partial charge in [0.25, 0.3) is 0 Å². The highest BCUT2D eigenvalue weighted by Gasteiger charge is 2.26. The average molecular weight is 213 g/mol. The van der Waals surface area contributed by atoms with Crippen LogP contribution in [0.15, 0.2) is 24.4 Å². The molecule has 16 heavy (non-hydrogen) atoms. The molecule has 2 aromatic rings. The van der Waals surface area contributed by atoms with Crippen molar-refractivity contribution in [1.29, 1.82) is 0 Å². The number of benzene rings is 1. The van der Waals surface area contributed by atoms with E-state index in [1.165, 1.54) is 34.9 Å². The summed E-state index contributed by atoms with van der Waals surface area (Å²) in [5.74, 6) is 0.823. The summed E-state index contributed by atoms with van der Waals surface area (Å²) in [6.07, 6.45) is 4.94. The minimum Gasteiger partial charge on any atom is -0.361 e. The Labute approximate surface area is 96.9 Å². The molecule has 0 amide bonds. The first-order chi connectivity index (χ1) is 7.55. The van der Waals surface area contributed by atoms with E-state index in [0.717, 1.165) is 5.92 Å². The molecule has 3 rings (SSSR count). The minimum absolute atomic E-state index is 0.242. The molecule has 1 N–H and O–H groups in total. The van der Waals surface area contributed by atoms with E-state index in [9.17, 15) is 0 Å². The van der Waals surface area contributed by atoms with Crippen molar-refractivity contribution in [2.45, 2.75) is 44.9 Å². The highest BCUT2D eigenvalue weighted by atomic mass is 14.7. The molecule has 1 fully saturated rings. The fraction of sp³-hybridized carbons (Fsp3) is 0.467. The van der Waals surface area contributed by atoms with Gasteiger partial charge in [0.1, 0.15) is 0 Å². The van der Waals surface area contributed by atoms with Crippen LogP contribution in [0.1, 0.15) is 50.7 Å². The lowest BCUT2D eigenvalue weighted by Gasteiger charge is -2.19. The maximum Gasteiger partial charge on any atom is 0.0457 e. The standard InChI is InChI=1S/C15H19N/c1-15(2,3)11-6-7-14-12(8-11)13(9-16-14)10-4-5-10/h6-10,16H,4-5H2,1-3H3. The van der Waals surface area contributed by atoms with Crippen LogP contribution in [0.2, 0.25) is 0 Å². The Balaban J connectivity index is 2.17. The maximum atomic E-state index is 3.39. The third kappa shape index (κ3) is 1.55. The van der Waals surface area contributed by atoms with E-state index >= 15 is 0 Å². The first kappa shape index (κ1) is 9.95. The van der Waals surface area contributed by atoms with Gasteiger partial charge < -0.3 is 4.98 Å². The molecule has 0 atom stereocenters. The zero-order valence-electron chi connectivity index (χ0n) is 10.3. The van der Waals surface area contributed by atoms with E-state index in [4.69, 9.17) is 0 Å². The number of hydrogen-bond donors (Lipinski definition) is 1. The molecule has 1 aliphatic carbocycles. The van der Waals surface area contributed by atoms with E-state index in [0.29, 0.717) is 0 Å². The van der Waals surface area contributed by atoms with Gasteiger partial charge in [-0.2, -0.15) is 0 Å². The van der Waals surface area contributed by atoms with Gasteiger partial charge in [-0.25, -0.2) is 0 Å². The second-order valence-corrected chi connectivity index (χ2v) is 6.03. The molecule has 0 saturated heterocycles. The van der Waals surface area contributed by atoms with E-state index in [1.807, 2.05) is 0 Å². The fourth-order valence-corrected chi connectivity index (χ4v) is 2.34. The predicted molar refractivity (Wildman–Crippen MR) is 69.0 cm³/mol. The van der Waals surface area contributed by atoms with Crippen LogP contribution in [0.3, 0.4) is 0 Å². The Kier molecular flexibility index (Phi) is 1.95. The van der Waals surface area contributed by atoms with Crippen LogP contribution < -0.4 is 0 Å². The smallest absolute Gasteiger partial charge is 0.0457 e. The van der Waals surface area contributed by atoms with Crippen molar-refractivity contribution in [3.8, 4) is 0 Å². The zero-order valence-corrected chi connectivity index (χ0v) is 10.3. The largest absolute Gasteiger partial charge is 0.361 e. The Morgan fingerprint density at radius 3 is 2.56 bits per heavy atom. The molecule has 0 spiro atoms. The molecule has 0 unspecified atom stereocenters. The van der Waals surface area contributed by atoms with Gasteiger partial charge in [0.15, 0.2) is 0 Å². The zero-order chi connectivity index (χ0) is 11.3. The molecular formula is C15H19N. The topological polar surface area (TPSA) is 15.8 Å². The van der Waals surface area contributed by atoms with Crippen LogP contribution >= 0.6 is 0 Å². The number of aromatic amines is 1. The molecule has 1 nitrogen and oxygen atoms in total. The SMILES string of the molecule is CC(C)(C)c1ccc2[nH]cc(C3CC3)c2c1. The molecule has 84 valence electrons. The van der Waals surface area contributed by atoms with Gasteiger partial charge in [-0.15, -0.1) is 0 Å². The van der Waals surface area contributed by atoms with Crippen LogP contribution in [-0.2, 0) is 5.41 Å². The summed E-state index contributed by atoms with van der Waals surface area (Å²) in [6, 6.07) is 6.84. The van der Waals surface area contributed by atoms with Gasteiger partial charge in [-0.05, 0) is 47.4 Å². The molecule has 1 heterocycles. The lowest BCUT2D eigenvalue weighted by atomic mass is 9.86. The Morgan fingerprint density at radius 1 is 1.19 bits per heavy atom. The summed E-state index contributed by atoms with van der Waals surface area (Å²) in [5.41, 5.74) is 4.49. The normalized spacial score (nSPS) is 16.9. The second kappa shape index (κ2) is 3.13. The molecule has 1 aromatic carbocycles. The molecule has 0 radical (unpaired) electrons. The minimum atomic E-state index is 0.242. The van der Waals surface area contributed by atoms with Gasteiger partial charge in [0, 0.05) is 17.1 Å². The van der Waals surface area contributed by atoms with Crippen LogP contribution in [0.4, 0.5) is 0 Å². The summed E-state index contributed by atoms with van der Waals surface area (Å²) in [6.45, 7) is 6.83. The van der Waals surface area contributed by atoms with Crippen LogP contribution in [0, 0.1) is 0 Å². The number of rotatable bonds is 1. The molecule has 0 aliphatic heterocycles.